The zero-order chi connectivity index (χ0) is 17.0. The quantitative estimate of drug-likeness (QED) is 0.441. The van der Waals surface area contributed by atoms with Crippen molar-refractivity contribution in [3.63, 3.8) is 0 Å². The van der Waals surface area contributed by atoms with Crippen molar-refractivity contribution in [2.45, 2.75) is 25.6 Å². The van der Waals surface area contributed by atoms with E-state index in [9.17, 15) is 5.11 Å². The molecule has 0 radical (unpaired) electrons. The Morgan fingerprint density at radius 2 is 1.70 bits per heavy atom. The van der Waals surface area contributed by atoms with Crippen LogP contribution in [0.1, 0.15) is 18.9 Å². The molecule has 1 unspecified atom stereocenters. The highest BCUT2D eigenvalue weighted by atomic mass is 16.7. The molecular weight excluding hydrogens is 300 g/mol. The van der Waals surface area contributed by atoms with E-state index in [0.29, 0.717) is 32.8 Å². The van der Waals surface area contributed by atoms with Gasteiger partial charge in [0.15, 0.2) is 0 Å². The van der Waals surface area contributed by atoms with Gasteiger partial charge < -0.3 is 28.8 Å². The van der Waals surface area contributed by atoms with E-state index in [0.717, 1.165) is 11.3 Å². The van der Waals surface area contributed by atoms with Gasteiger partial charge in [-0.15, -0.1) is 0 Å². The lowest BCUT2D eigenvalue weighted by Gasteiger charge is -2.27. The molecule has 1 rings (SSSR count). The van der Waals surface area contributed by atoms with Gasteiger partial charge in [0.1, 0.15) is 12.5 Å². The minimum atomic E-state index is -0.646. The van der Waals surface area contributed by atoms with Gasteiger partial charge in [0, 0.05) is 13.5 Å². The Morgan fingerprint density at radius 1 is 1.00 bits per heavy atom. The molecule has 0 amide bonds. The number of hydrogen-bond acceptors (Lipinski definition) is 6. The third-order valence-electron chi connectivity index (χ3n) is 3.45. The normalized spacial score (nSPS) is 13.7. The summed E-state index contributed by atoms with van der Waals surface area (Å²) in [6, 6.07) is 7.65. The SMILES string of the molecule is COCCOCOCCC(C)(CO)OCc1ccc(OC)cc1. The highest BCUT2D eigenvalue weighted by Gasteiger charge is 2.24. The van der Waals surface area contributed by atoms with Crippen molar-refractivity contribution >= 4 is 0 Å². The molecular formula is C17H28O6. The maximum atomic E-state index is 9.57. The first-order chi connectivity index (χ1) is 11.1. The van der Waals surface area contributed by atoms with Crippen molar-refractivity contribution in [2.75, 3.05) is 47.4 Å². The fourth-order valence-electron chi connectivity index (χ4n) is 1.78. The van der Waals surface area contributed by atoms with Crippen LogP contribution in [0.15, 0.2) is 24.3 Å². The number of benzene rings is 1. The Morgan fingerprint density at radius 3 is 2.30 bits per heavy atom. The molecule has 0 aliphatic heterocycles. The third kappa shape index (κ3) is 8.29. The van der Waals surface area contributed by atoms with Gasteiger partial charge in [0.25, 0.3) is 0 Å². The van der Waals surface area contributed by atoms with E-state index < -0.39 is 5.60 Å². The maximum absolute atomic E-state index is 9.57. The van der Waals surface area contributed by atoms with Crippen molar-refractivity contribution in [1.29, 1.82) is 0 Å². The summed E-state index contributed by atoms with van der Waals surface area (Å²) in [6.45, 7) is 3.93. The zero-order valence-electron chi connectivity index (χ0n) is 14.2. The lowest BCUT2D eigenvalue weighted by Crippen LogP contribution is -2.34. The first-order valence-corrected chi connectivity index (χ1v) is 7.66. The van der Waals surface area contributed by atoms with Gasteiger partial charge in [0.05, 0.1) is 45.7 Å². The molecule has 0 heterocycles. The summed E-state index contributed by atoms with van der Waals surface area (Å²) in [4.78, 5) is 0. The summed E-state index contributed by atoms with van der Waals surface area (Å²) < 4.78 is 26.4. The van der Waals surface area contributed by atoms with Crippen LogP contribution in [0.5, 0.6) is 5.75 Å². The van der Waals surface area contributed by atoms with Gasteiger partial charge in [0.2, 0.25) is 0 Å². The second-order valence-electron chi connectivity index (χ2n) is 5.42. The average Bonchev–Trinajstić information content (AvgIpc) is 2.59. The van der Waals surface area contributed by atoms with Crippen LogP contribution in [0.4, 0.5) is 0 Å². The molecule has 0 aliphatic carbocycles. The maximum Gasteiger partial charge on any atom is 0.146 e. The Kier molecular flexibility index (Phi) is 9.82. The van der Waals surface area contributed by atoms with Crippen LogP contribution < -0.4 is 4.74 Å². The van der Waals surface area contributed by atoms with Crippen LogP contribution in [0.2, 0.25) is 0 Å². The predicted molar refractivity (Wildman–Crippen MR) is 86.5 cm³/mol. The molecule has 0 aliphatic rings. The lowest BCUT2D eigenvalue weighted by molar-refractivity contribution is -0.113. The van der Waals surface area contributed by atoms with Crippen LogP contribution in [0, 0.1) is 0 Å². The minimum Gasteiger partial charge on any atom is -0.497 e. The molecule has 1 N–H and O–H groups in total. The van der Waals surface area contributed by atoms with Crippen molar-refractivity contribution in [2.24, 2.45) is 0 Å². The molecule has 1 aromatic rings. The summed E-state index contributed by atoms with van der Waals surface area (Å²) in [6.07, 6.45) is 0.577. The van der Waals surface area contributed by atoms with Crippen molar-refractivity contribution in [3.05, 3.63) is 29.8 Å². The monoisotopic (exact) mass is 328 g/mol. The van der Waals surface area contributed by atoms with Gasteiger partial charge in [-0.3, -0.25) is 0 Å². The standard InChI is InChI=1S/C17H28O6/c1-17(13-18,8-9-21-14-22-11-10-19-2)23-12-15-4-6-16(20-3)7-5-15/h4-7,18H,8-14H2,1-3H3. The summed E-state index contributed by atoms with van der Waals surface area (Å²) in [5.41, 5.74) is 0.376. The zero-order valence-corrected chi connectivity index (χ0v) is 14.2. The van der Waals surface area contributed by atoms with Crippen molar-refractivity contribution < 1.29 is 28.8 Å². The van der Waals surface area contributed by atoms with Gasteiger partial charge in [-0.25, -0.2) is 0 Å². The first kappa shape index (κ1) is 19.9. The van der Waals surface area contributed by atoms with E-state index in [1.807, 2.05) is 31.2 Å². The molecule has 0 bridgehead atoms. The molecule has 0 saturated heterocycles. The molecule has 6 heteroatoms. The largest absolute Gasteiger partial charge is 0.497 e. The van der Waals surface area contributed by atoms with Crippen LogP contribution in [-0.2, 0) is 25.6 Å². The number of aliphatic hydroxyl groups is 1. The summed E-state index contributed by atoms with van der Waals surface area (Å²) in [5.74, 6) is 0.806. The highest BCUT2D eigenvalue weighted by molar-refractivity contribution is 5.26. The number of aliphatic hydroxyl groups excluding tert-OH is 1. The Hall–Kier alpha value is -1.18. The second kappa shape index (κ2) is 11.4. The minimum absolute atomic E-state index is 0.0724. The number of hydrogen-bond donors (Lipinski definition) is 1. The van der Waals surface area contributed by atoms with E-state index in [1.165, 1.54) is 0 Å². The Labute approximate surface area is 138 Å². The first-order valence-electron chi connectivity index (χ1n) is 7.66. The highest BCUT2D eigenvalue weighted by Crippen LogP contribution is 2.19. The molecule has 0 spiro atoms. The molecule has 132 valence electrons. The van der Waals surface area contributed by atoms with E-state index in [4.69, 9.17) is 23.7 Å². The van der Waals surface area contributed by atoms with Crippen LogP contribution in [-0.4, -0.2) is 58.1 Å². The van der Waals surface area contributed by atoms with E-state index >= 15 is 0 Å². The Balaban J connectivity index is 2.26. The molecule has 23 heavy (non-hydrogen) atoms. The number of rotatable bonds is 13. The van der Waals surface area contributed by atoms with Gasteiger partial charge in [-0.2, -0.15) is 0 Å². The smallest absolute Gasteiger partial charge is 0.146 e. The molecule has 1 atom stereocenters. The summed E-state index contributed by atoms with van der Waals surface area (Å²) in [5, 5.41) is 9.57. The molecule has 1 aromatic carbocycles. The van der Waals surface area contributed by atoms with Gasteiger partial charge in [-0.05, 0) is 24.6 Å². The Bertz CT molecular complexity index is 408. The van der Waals surface area contributed by atoms with Crippen LogP contribution in [0.3, 0.4) is 0 Å². The van der Waals surface area contributed by atoms with Crippen LogP contribution in [0.25, 0.3) is 0 Å². The van der Waals surface area contributed by atoms with Gasteiger partial charge >= 0.3 is 0 Å². The predicted octanol–water partition coefficient (Wildman–Crippen LogP) is 1.99. The lowest BCUT2D eigenvalue weighted by atomic mass is 10.0. The van der Waals surface area contributed by atoms with E-state index in [-0.39, 0.29) is 13.4 Å². The molecule has 0 aromatic heterocycles. The summed E-state index contributed by atoms with van der Waals surface area (Å²) >= 11 is 0. The molecule has 6 nitrogen and oxygen atoms in total. The molecule has 0 saturated carbocycles. The number of ether oxygens (including phenoxy) is 5. The van der Waals surface area contributed by atoms with Gasteiger partial charge in [-0.1, -0.05) is 12.1 Å². The van der Waals surface area contributed by atoms with Crippen molar-refractivity contribution in [1.82, 2.24) is 0 Å². The van der Waals surface area contributed by atoms with Crippen LogP contribution >= 0.6 is 0 Å². The fraction of sp³-hybridized carbons (Fsp3) is 0.647. The number of methoxy groups -OCH3 is 2. The molecule has 0 fully saturated rings. The summed E-state index contributed by atoms with van der Waals surface area (Å²) in [7, 11) is 3.25. The van der Waals surface area contributed by atoms with E-state index in [2.05, 4.69) is 0 Å². The topological polar surface area (TPSA) is 66.4 Å². The van der Waals surface area contributed by atoms with E-state index in [1.54, 1.807) is 14.2 Å². The average molecular weight is 328 g/mol. The fourth-order valence-corrected chi connectivity index (χ4v) is 1.78. The van der Waals surface area contributed by atoms with Crippen molar-refractivity contribution in [3.8, 4) is 5.75 Å². The third-order valence-corrected chi connectivity index (χ3v) is 3.45. The second-order valence-corrected chi connectivity index (χ2v) is 5.42.